The zero-order chi connectivity index (χ0) is 21.9. The van der Waals surface area contributed by atoms with Crippen molar-refractivity contribution in [3.8, 4) is 11.3 Å². The van der Waals surface area contributed by atoms with E-state index < -0.39 is 37.5 Å². The third kappa shape index (κ3) is 2.23. The molecule has 88 valence electrons. The molecular weight excluding hydrogens is 206 g/mol. The number of rotatable bonds is 1. The van der Waals surface area contributed by atoms with Crippen molar-refractivity contribution in [2.45, 2.75) is 27.6 Å². The molecule has 0 N–H and O–H groups in total. The molecule has 0 spiro atoms. The van der Waals surface area contributed by atoms with Crippen molar-refractivity contribution >= 4 is 0 Å². The normalized spacial score (nSPS) is 21.5. The molecule has 2 rings (SSSR count). The van der Waals surface area contributed by atoms with Gasteiger partial charge < -0.3 is 0 Å². The van der Waals surface area contributed by atoms with Crippen LogP contribution in [-0.2, 0) is 7.05 Å². The lowest BCUT2D eigenvalue weighted by Gasteiger charge is -2.08. The molecule has 1 heterocycles. The second kappa shape index (κ2) is 4.33. The lowest BCUT2D eigenvalue weighted by molar-refractivity contribution is -0.660. The molecule has 17 heavy (non-hydrogen) atoms. The molecule has 0 saturated heterocycles. The molecule has 0 atom stereocenters. The van der Waals surface area contributed by atoms with E-state index in [1.165, 1.54) is 20.9 Å². The van der Waals surface area contributed by atoms with E-state index in [1.807, 2.05) is 0 Å². The van der Waals surface area contributed by atoms with Crippen molar-refractivity contribution in [2.75, 3.05) is 0 Å². The molecule has 0 unspecified atom stereocenters. The van der Waals surface area contributed by atoms with E-state index in [9.17, 15) is 0 Å². The van der Waals surface area contributed by atoms with Crippen molar-refractivity contribution in [3.63, 3.8) is 0 Å². The fraction of sp³-hybridized carbons (Fsp3) is 0.312. The van der Waals surface area contributed by atoms with E-state index in [0.717, 1.165) is 4.57 Å². The molecule has 0 bridgehead atoms. The van der Waals surface area contributed by atoms with Gasteiger partial charge in [0.1, 0.15) is 8.42 Å². The Balaban J connectivity index is 3.04. The smallest absolute Gasteiger partial charge is 0.201 e. The molecule has 1 aromatic carbocycles. The summed E-state index contributed by atoms with van der Waals surface area (Å²) in [6.07, 6.45) is -0.501. The molecule has 0 amide bonds. The van der Waals surface area contributed by atoms with Crippen LogP contribution in [0.4, 0.5) is 0 Å². The summed E-state index contributed by atoms with van der Waals surface area (Å²) in [6.45, 7) is -2.53. The minimum Gasteiger partial charge on any atom is -0.201 e. The molecular formula is C16H20N+. The Kier molecular flexibility index (Phi) is 1.08. The first-order valence-electron chi connectivity index (χ1n) is 10.6. The SMILES string of the molecule is [2H]c1c(C)c(C([2H])([2H])[2H])c([2H])c(C)c1-c1c([2H])c([2H])c(C([2H])([2H])[2H])c([2H])[n+]1C. The van der Waals surface area contributed by atoms with Gasteiger partial charge in [-0.25, -0.2) is 4.57 Å². The Labute approximate surface area is 119 Å². The van der Waals surface area contributed by atoms with Crippen LogP contribution in [0.3, 0.4) is 0 Å². The van der Waals surface area contributed by atoms with Crippen LogP contribution in [0.25, 0.3) is 11.3 Å². The standard InChI is InChI=1S/C16H20N/c1-11-6-7-16(17(5)10-11)15-9-13(3)12(2)8-14(15)4/h6-10H,1-5H3/q+1/i1D3,2D3,6D,7D,8D,9D,10D. The zero-order valence-corrected chi connectivity index (χ0v) is 9.95. The van der Waals surface area contributed by atoms with E-state index in [2.05, 4.69) is 0 Å². The quantitative estimate of drug-likeness (QED) is 0.669. The minimum absolute atomic E-state index is 0.0436. The van der Waals surface area contributed by atoms with Crippen LogP contribution in [0.1, 0.15) is 37.3 Å². The lowest BCUT2D eigenvalue weighted by atomic mass is 9.98. The highest BCUT2D eigenvalue weighted by atomic mass is 14.9. The number of aromatic nitrogens is 1. The van der Waals surface area contributed by atoms with Crippen LogP contribution < -0.4 is 4.57 Å². The van der Waals surface area contributed by atoms with Crippen molar-refractivity contribution in [3.05, 3.63) is 52.6 Å². The third-order valence-corrected chi connectivity index (χ3v) is 2.53. The van der Waals surface area contributed by atoms with Crippen molar-refractivity contribution < 1.29 is 19.6 Å². The third-order valence-electron chi connectivity index (χ3n) is 2.53. The van der Waals surface area contributed by atoms with Gasteiger partial charge in [-0.3, -0.25) is 0 Å². The van der Waals surface area contributed by atoms with E-state index >= 15 is 0 Å². The minimum atomic E-state index is -2.76. The zero-order valence-electron chi connectivity index (χ0n) is 20.9. The molecule has 0 radical (unpaired) electrons. The molecule has 1 heteroatoms. The number of hydrogen-bond donors (Lipinski definition) is 0. The largest absolute Gasteiger partial charge is 0.212 e. The first-order valence-corrected chi connectivity index (χ1v) is 5.14. The molecule has 2 aromatic rings. The van der Waals surface area contributed by atoms with Gasteiger partial charge in [0.2, 0.25) is 5.69 Å². The Morgan fingerprint density at radius 3 is 2.59 bits per heavy atom. The summed E-state index contributed by atoms with van der Waals surface area (Å²) in [6, 6.07) is -1.69. The van der Waals surface area contributed by atoms with Gasteiger partial charge in [-0.15, -0.1) is 0 Å². The highest BCUT2D eigenvalue weighted by molar-refractivity contribution is 5.63. The maximum atomic E-state index is 8.44. The highest BCUT2D eigenvalue weighted by Gasteiger charge is 2.13. The summed E-state index contributed by atoms with van der Waals surface area (Å²) in [7, 11) is 1.35. The van der Waals surface area contributed by atoms with Crippen LogP contribution in [0.2, 0.25) is 0 Å². The van der Waals surface area contributed by atoms with Crippen LogP contribution in [0.15, 0.2) is 30.3 Å². The average Bonchev–Trinajstić information content (AvgIpc) is 2.52. The summed E-state index contributed by atoms with van der Waals surface area (Å²) in [5, 5.41) is 0. The lowest BCUT2D eigenvalue weighted by Crippen LogP contribution is -2.31. The molecule has 1 nitrogen and oxygen atoms in total. The number of hydrogen-bond acceptors (Lipinski definition) is 0. The Hall–Kier alpha value is -1.63. The van der Waals surface area contributed by atoms with E-state index in [4.69, 9.17) is 15.1 Å². The van der Waals surface area contributed by atoms with E-state index in [0.29, 0.717) is 0 Å². The Morgan fingerprint density at radius 1 is 1.06 bits per heavy atom. The maximum Gasteiger partial charge on any atom is 0.212 e. The average molecular weight is 237 g/mol. The van der Waals surface area contributed by atoms with Gasteiger partial charge in [-0.2, -0.15) is 0 Å². The summed E-state index contributed by atoms with van der Waals surface area (Å²) in [5.74, 6) is 0. The van der Waals surface area contributed by atoms with Crippen LogP contribution in [-0.4, -0.2) is 0 Å². The van der Waals surface area contributed by atoms with Gasteiger partial charge in [0.25, 0.3) is 0 Å². The fourth-order valence-electron chi connectivity index (χ4n) is 1.61. The molecule has 0 aliphatic heterocycles. The molecule has 0 fully saturated rings. The monoisotopic (exact) mass is 237 g/mol. The maximum absolute atomic E-state index is 8.44. The van der Waals surface area contributed by atoms with Crippen molar-refractivity contribution in [2.24, 2.45) is 7.05 Å². The summed E-state index contributed by atoms with van der Waals surface area (Å²) in [4.78, 5) is 0. The van der Waals surface area contributed by atoms with Gasteiger partial charge in [0.15, 0.2) is 6.17 Å². The predicted octanol–water partition coefficient (Wildman–Crippen LogP) is 3.41. The highest BCUT2D eigenvalue weighted by Crippen LogP contribution is 2.23. The number of benzene rings is 1. The number of nitrogens with zero attached hydrogens (tertiary/aromatic N) is 1. The molecule has 0 saturated carbocycles. The van der Waals surface area contributed by atoms with E-state index in [-0.39, 0.29) is 40.0 Å². The summed E-state index contributed by atoms with van der Waals surface area (Å²) >= 11 is 0. The summed E-state index contributed by atoms with van der Waals surface area (Å²) in [5.41, 5.74) is -0.699. The Morgan fingerprint density at radius 2 is 1.88 bits per heavy atom. The van der Waals surface area contributed by atoms with Gasteiger partial charge in [0, 0.05) is 25.4 Å². The second-order valence-corrected chi connectivity index (χ2v) is 3.89. The Bertz CT molecular complexity index is 833. The predicted molar refractivity (Wildman–Crippen MR) is 72.0 cm³/mol. The van der Waals surface area contributed by atoms with E-state index in [1.54, 1.807) is 0 Å². The topological polar surface area (TPSA) is 3.88 Å². The van der Waals surface area contributed by atoms with Crippen LogP contribution in [0.5, 0.6) is 0 Å². The van der Waals surface area contributed by atoms with Gasteiger partial charge >= 0.3 is 0 Å². The van der Waals surface area contributed by atoms with Crippen LogP contribution in [0, 0.1) is 27.6 Å². The van der Waals surface area contributed by atoms with Crippen molar-refractivity contribution in [1.29, 1.82) is 0 Å². The van der Waals surface area contributed by atoms with Gasteiger partial charge in [-0.05, 0) is 56.3 Å². The van der Waals surface area contributed by atoms with Gasteiger partial charge in [0.05, 0.1) is 5.48 Å². The molecule has 0 aliphatic rings. The molecule has 0 aliphatic carbocycles. The first-order chi connectivity index (χ1) is 12.5. The van der Waals surface area contributed by atoms with Gasteiger partial charge in [-0.1, -0.05) is 6.04 Å². The molecule has 1 aromatic heterocycles. The number of pyridine rings is 1. The first kappa shape index (κ1) is 4.24. The summed E-state index contributed by atoms with van der Waals surface area (Å²) < 4.78 is 87.9. The van der Waals surface area contributed by atoms with Crippen LogP contribution >= 0.6 is 0 Å². The van der Waals surface area contributed by atoms with Crippen molar-refractivity contribution in [1.82, 2.24) is 0 Å². The second-order valence-electron chi connectivity index (χ2n) is 3.89. The fourth-order valence-corrected chi connectivity index (χ4v) is 1.61.